The van der Waals surface area contributed by atoms with Crippen LogP contribution in [0.25, 0.3) is 5.69 Å². The van der Waals surface area contributed by atoms with Gasteiger partial charge >= 0.3 is 0 Å². The second-order valence-electron chi connectivity index (χ2n) is 3.23. The van der Waals surface area contributed by atoms with Gasteiger partial charge in [-0.1, -0.05) is 23.2 Å². The number of anilines is 1. The summed E-state index contributed by atoms with van der Waals surface area (Å²) >= 11 is 12.1. The van der Waals surface area contributed by atoms with Gasteiger partial charge in [0.1, 0.15) is 5.69 Å². The molecular formula is C10H9Cl2N3. The van der Waals surface area contributed by atoms with E-state index in [4.69, 9.17) is 28.9 Å². The molecule has 0 radical (unpaired) electrons. The second kappa shape index (κ2) is 3.76. The summed E-state index contributed by atoms with van der Waals surface area (Å²) < 4.78 is 1.64. The first-order chi connectivity index (χ1) is 7.08. The van der Waals surface area contributed by atoms with E-state index in [1.165, 1.54) is 0 Å². The Morgan fingerprint density at radius 3 is 2.33 bits per heavy atom. The molecule has 0 atom stereocenters. The number of halogens is 2. The van der Waals surface area contributed by atoms with Crippen LogP contribution in [0.3, 0.4) is 0 Å². The summed E-state index contributed by atoms with van der Waals surface area (Å²) in [5.74, 6) is 0. The third-order valence-corrected chi connectivity index (χ3v) is 2.57. The van der Waals surface area contributed by atoms with Crippen LogP contribution in [0.5, 0.6) is 0 Å². The van der Waals surface area contributed by atoms with E-state index < -0.39 is 0 Å². The third-order valence-electron chi connectivity index (χ3n) is 1.99. The van der Waals surface area contributed by atoms with E-state index in [0.717, 1.165) is 5.69 Å². The summed E-state index contributed by atoms with van der Waals surface area (Å²) in [5.41, 5.74) is 7.71. The van der Waals surface area contributed by atoms with Crippen LogP contribution in [0.2, 0.25) is 10.0 Å². The molecule has 2 N–H and O–H groups in total. The van der Waals surface area contributed by atoms with Crippen LogP contribution < -0.4 is 5.73 Å². The zero-order valence-electron chi connectivity index (χ0n) is 8.04. The molecule has 0 unspecified atom stereocenters. The van der Waals surface area contributed by atoms with Crippen molar-refractivity contribution < 1.29 is 0 Å². The molecule has 0 aliphatic carbocycles. The number of hydrogen-bond acceptors (Lipinski definition) is 2. The maximum Gasteiger partial charge on any atom is 0.102 e. The Bertz CT molecular complexity index is 482. The van der Waals surface area contributed by atoms with Crippen molar-refractivity contribution in [2.24, 2.45) is 0 Å². The highest BCUT2D eigenvalue weighted by molar-refractivity contribution is 6.38. The fourth-order valence-corrected chi connectivity index (χ4v) is 2.02. The predicted molar refractivity (Wildman–Crippen MR) is 62.7 cm³/mol. The van der Waals surface area contributed by atoms with Crippen molar-refractivity contribution in [2.45, 2.75) is 6.92 Å². The second-order valence-corrected chi connectivity index (χ2v) is 4.05. The van der Waals surface area contributed by atoms with Gasteiger partial charge in [0.2, 0.25) is 0 Å². The number of aryl methyl sites for hydroxylation is 1. The summed E-state index contributed by atoms with van der Waals surface area (Å²) in [6, 6.07) is 5.18. The van der Waals surface area contributed by atoms with Gasteiger partial charge in [-0.25, -0.2) is 4.68 Å². The van der Waals surface area contributed by atoms with E-state index >= 15 is 0 Å². The Labute approximate surface area is 97.4 Å². The molecule has 2 rings (SSSR count). The Hall–Kier alpha value is -1.19. The molecule has 15 heavy (non-hydrogen) atoms. The molecule has 0 saturated carbocycles. The quantitative estimate of drug-likeness (QED) is 0.781. The van der Waals surface area contributed by atoms with Crippen molar-refractivity contribution in [1.29, 1.82) is 0 Å². The first kappa shape index (κ1) is 10.3. The van der Waals surface area contributed by atoms with Crippen LogP contribution in [-0.4, -0.2) is 9.78 Å². The Morgan fingerprint density at radius 2 is 1.87 bits per heavy atom. The molecule has 1 aromatic carbocycles. The van der Waals surface area contributed by atoms with E-state index in [-0.39, 0.29) is 0 Å². The van der Waals surface area contributed by atoms with Crippen LogP contribution in [0.15, 0.2) is 24.4 Å². The molecular weight excluding hydrogens is 233 g/mol. The molecule has 0 fully saturated rings. The van der Waals surface area contributed by atoms with Gasteiger partial charge in [0, 0.05) is 11.9 Å². The van der Waals surface area contributed by atoms with Crippen LogP contribution in [0.4, 0.5) is 5.69 Å². The molecule has 0 amide bonds. The maximum atomic E-state index is 6.05. The molecule has 5 heteroatoms. The lowest BCUT2D eigenvalue weighted by Crippen LogP contribution is -1.98. The van der Waals surface area contributed by atoms with Gasteiger partial charge in [-0.05, 0) is 25.1 Å². The van der Waals surface area contributed by atoms with E-state index in [0.29, 0.717) is 21.4 Å². The molecule has 0 saturated heterocycles. The maximum absolute atomic E-state index is 6.05. The normalized spacial score (nSPS) is 10.6. The minimum atomic E-state index is 0.489. The first-order valence-electron chi connectivity index (χ1n) is 4.35. The predicted octanol–water partition coefficient (Wildman–Crippen LogP) is 3.07. The van der Waals surface area contributed by atoms with E-state index in [2.05, 4.69) is 5.10 Å². The van der Waals surface area contributed by atoms with Gasteiger partial charge in [0.15, 0.2) is 0 Å². The zero-order valence-corrected chi connectivity index (χ0v) is 9.55. The Morgan fingerprint density at radius 1 is 1.27 bits per heavy atom. The molecule has 0 spiro atoms. The van der Waals surface area contributed by atoms with Crippen molar-refractivity contribution in [2.75, 3.05) is 5.73 Å². The fraction of sp³-hybridized carbons (Fsp3) is 0.100. The number of nitrogen functional groups attached to an aromatic ring is 1. The SMILES string of the molecule is Cc1ccn(-c2c(Cl)cc(N)cc2Cl)n1. The van der Waals surface area contributed by atoms with Crippen LogP contribution in [-0.2, 0) is 0 Å². The molecule has 0 aliphatic heterocycles. The number of nitrogens with zero attached hydrogens (tertiary/aromatic N) is 2. The number of aromatic nitrogens is 2. The standard InChI is InChI=1S/C10H9Cl2N3/c1-6-2-3-15(14-6)10-8(11)4-7(13)5-9(10)12/h2-5H,13H2,1H3. The Kier molecular flexibility index (Phi) is 2.59. The summed E-state index contributed by atoms with van der Waals surface area (Å²) in [5, 5.41) is 5.22. The Balaban J connectivity index is 2.62. The largest absolute Gasteiger partial charge is 0.399 e. The van der Waals surface area contributed by atoms with Crippen LogP contribution in [0, 0.1) is 6.92 Å². The summed E-state index contributed by atoms with van der Waals surface area (Å²) in [6.45, 7) is 1.90. The highest BCUT2D eigenvalue weighted by atomic mass is 35.5. The molecule has 0 aliphatic rings. The summed E-state index contributed by atoms with van der Waals surface area (Å²) in [7, 11) is 0. The summed E-state index contributed by atoms with van der Waals surface area (Å²) in [4.78, 5) is 0. The van der Waals surface area contributed by atoms with Gasteiger partial charge in [-0.2, -0.15) is 5.10 Å². The molecule has 3 nitrogen and oxygen atoms in total. The number of nitrogens with two attached hydrogens (primary N) is 1. The minimum absolute atomic E-state index is 0.489. The van der Waals surface area contributed by atoms with E-state index in [1.807, 2.05) is 13.0 Å². The molecule has 1 aromatic heterocycles. The molecule has 0 bridgehead atoms. The minimum Gasteiger partial charge on any atom is -0.399 e. The van der Waals surface area contributed by atoms with Gasteiger partial charge in [-0.15, -0.1) is 0 Å². The van der Waals surface area contributed by atoms with Crippen molar-refractivity contribution in [1.82, 2.24) is 9.78 Å². The lowest BCUT2D eigenvalue weighted by Gasteiger charge is -2.07. The van der Waals surface area contributed by atoms with Crippen molar-refractivity contribution in [3.63, 3.8) is 0 Å². The number of rotatable bonds is 1. The number of benzene rings is 1. The lowest BCUT2D eigenvalue weighted by molar-refractivity contribution is 0.863. The molecule has 2 aromatic rings. The average molecular weight is 242 g/mol. The zero-order chi connectivity index (χ0) is 11.0. The highest BCUT2D eigenvalue weighted by Crippen LogP contribution is 2.30. The van der Waals surface area contributed by atoms with Gasteiger partial charge in [-0.3, -0.25) is 0 Å². The van der Waals surface area contributed by atoms with Gasteiger partial charge < -0.3 is 5.73 Å². The lowest BCUT2D eigenvalue weighted by atomic mass is 10.3. The smallest absolute Gasteiger partial charge is 0.102 e. The first-order valence-corrected chi connectivity index (χ1v) is 5.10. The average Bonchev–Trinajstić information content (AvgIpc) is 2.49. The fourth-order valence-electron chi connectivity index (χ4n) is 1.34. The van der Waals surface area contributed by atoms with Crippen molar-refractivity contribution >= 4 is 28.9 Å². The van der Waals surface area contributed by atoms with E-state index in [9.17, 15) is 0 Å². The topological polar surface area (TPSA) is 43.8 Å². The molecule has 1 heterocycles. The van der Waals surface area contributed by atoms with Crippen LogP contribution in [0.1, 0.15) is 5.69 Å². The van der Waals surface area contributed by atoms with Crippen molar-refractivity contribution in [3.8, 4) is 5.69 Å². The highest BCUT2D eigenvalue weighted by Gasteiger charge is 2.10. The van der Waals surface area contributed by atoms with Gasteiger partial charge in [0.05, 0.1) is 15.7 Å². The van der Waals surface area contributed by atoms with E-state index in [1.54, 1.807) is 23.0 Å². The van der Waals surface area contributed by atoms with Crippen LogP contribution >= 0.6 is 23.2 Å². The third kappa shape index (κ3) is 1.94. The monoisotopic (exact) mass is 241 g/mol. The summed E-state index contributed by atoms with van der Waals surface area (Å²) in [6.07, 6.45) is 1.80. The number of hydrogen-bond donors (Lipinski definition) is 1. The van der Waals surface area contributed by atoms with Gasteiger partial charge in [0.25, 0.3) is 0 Å². The molecule has 78 valence electrons. The van der Waals surface area contributed by atoms with Crippen molar-refractivity contribution in [3.05, 3.63) is 40.1 Å².